The third-order valence-corrected chi connectivity index (χ3v) is 6.07. The summed E-state index contributed by atoms with van der Waals surface area (Å²) in [4.78, 5) is 24.3. The Kier molecular flexibility index (Phi) is 5.01. The maximum absolute atomic E-state index is 12.0. The van der Waals surface area contributed by atoms with Gasteiger partial charge >= 0.3 is 12.1 Å². The predicted octanol–water partition coefficient (Wildman–Crippen LogP) is -0.957. The summed E-state index contributed by atoms with van der Waals surface area (Å²) in [5.74, 6) is 0. The highest BCUT2D eigenvalue weighted by Crippen LogP contribution is 2.28. The van der Waals surface area contributed by atoms with Gasteiger partial charge in [-0.25, -0.2) is 22.3 Å². The zero-order chi connectivity index (χ0) is 17.2. The van der Waals surface area contributed by atoms with Crippen molar-refractivity contribution in [1.29, 1.82) is 0 Å². The fraction of sp³-hybridized carbons (Fsp3) is 0.600. The van der Waals surface area contributed by atoms with E-state index in [-0.39, 0.29) is 22.6 Å². The summed E-state index contributed by atoms with van der Waals surface area (Å²) in [6, 6.07) is -0.955. The average molecular weight is 364 g/mol. The van der Waals surface area contributed by atoms with Gasteiger partial charge in [0.15, 0.2) is 0 Å². The minimum Gasteiger partial charge on any atom is -0.447 e. The number of rotatable bonds is 5. The van der Waals surface area contributed by atoms with E-state index in [4.69, 9.17) is 4.74 Å². The summed E-state index contributed by atoms with van der Waals surface area (Å²) >= 11 is 0.770. The fourth-order valence-corrected chi connectivity index (χ4v) is 3.93. The van der Waals surface area contributed by atoms with Crippen LogP contribution in [-0.2, 0) is 14.8 Å². The van der Waals surface area contributed by atoms with Crippen LogP contribution in [-0.4, -0.2) is 75.4 Å². The maximum atomic E-state index is 12.0. The second kappa shape index (κ2) is 6.64. The Labute approximate surface area is 136 Å². The van der Waals surface area contributed by atoms with Crippen LogP contribution in [0.4, 0.5) is 14.7 Å². The lowest BCUT2D eigenvalue weighted by Crippen LogP contribution is -2.38. The molecule has 0 saturated carbocycles. The van der Waals surface area contributed by atoms with Crippen molar-refractivity contribution in [3.05, 3.63) is 0 Å². The first-order chi connectivity index (χ1) is 10.8. The smallest absolute Gasteiger partial charge is 0.406 e. The summed E-state index contributed by atoms with van der Waals surface area (Å²) in [5, 5.41) is 12.4. The molecular weight excluding hydrogens is 348 g/mol. The molecule has 2 N–H and O–H groups in total. The topological polar surface area (TPSA) is 134 Å². The van der Waals surface area contributed by atoms with Crippen LogP contribution >= 0.6 is 11.3 Å². The van der Waals surface area contributed by atoms with Gasteiger partial charge in [0.05, 0.1) is 6.04 Å². The lowest BCUT2D eigenvalue weighted by molar-refractivity contribution is 0.143. The number of anilines is 1. The van der Waals surface area contributed by atoms with Crippen LogP contribution in [0.5, 0.6) is 0 Å². The quantitative estimate of drug-likeness (QED) is 0.643. The lowest BCUT2D eigenvalue weighted by Gasteiger charge is -2.19. The van der Waals surface area contributed by atoms with E-state index < -0.39 is 28.2 Å². The molecule has 2 heterocycles. The van der Waals surface area contributed by atoms with Crippen LogP contribution in [0.2, 0.25) is 0 Å². The van der Waals surface area contributed by atoms with E-state index >= 15 is 0 Å². The molecule has 0 radical (unpaired) electrons. The highest BCUT2D eigenvalue weighted by Gasteiger charge is 2.36. The van der Waals surface area contributed by atoms with Crippen molar-refractivity contribution < 1.29 is 22.7 Å². The minimum atomic E-state index is -3.73. The van der Waals surface area contributed by atoms with Gasteiger partial charge in [0.1, 0.15) is 6.61 Å². The number of hydrogen-bond donors (Lipinski definition) is 2. The lowest BCUT2D eigenvalue weighted by atomic mass is 10.3. The molecule has 1 aliphatic rings. The molecule has 2 rings (SSSR count). The molecule has 0 bridgehead atoms. The van der Waals surface area contributed by atoms with E-state index in [1.807, 2.05) is 0 Å². The number of hydrogen-bond acceptors (Lipinski definition) is 8. The Balaban J connectivity index is 2.20. The van der Waals surface area contributed by atoms with E-state index in [0.717, 1.165) is 15.6 Å². The molecule has 1 aromatic heterocycles. The summed E-state index contributed by atoms with van der Waals surface area (Å²) < 4.78 is 29.8. The van der Waals surface area contributed by atoms with Crippen LogP contribution in [0.3, 0.4) is 0 Å². The number of carbonyl (C=O) groups excluding carboxylic acids is 2. The number of aromatic nitrogens is 2. The zero-order valence-corrected chi connectivity index (χ0v) is 14.3. The second-order valence-corrected chi connectivity index (χ2v) is 7.98. The van der Waals surface area contributed by atoms with Crippen molar-refractivity contribution in [2.24, 2.45) is 0 Å². The highest BCUT2D eigenvalue weighted by molar-refractivity contribution is 7.91. The molecule has 23 heavy (non-hydrogen) atoms. The van der Waals surface area contributed by atoms with Gasteiger partial charge in [0, 0.05) is 27.7 Å². The summed E-state index contributed by atoms with van der Waals surface area (Å²) in [6.45, 7) is 0.179. The fourth-order valence-electron chi connectivity index (χ4n) is 1.73. The monoisotopic (exact) mass is 364 g/mol. The van der Waals surface area contributed by atoms with Gasteiger partial charge in [0.25, 0.3) is 10.0 Å². The summed E-state index contributed by atoms with van der Waals surface area (Å²) in [5.41, 5.74) is 0. The summed E-state index contributed by atoms with van der Waals surface area (Å²) in [6.07, 6.45) is -0.627. The number of alkyl carbamates (subject to hydrolysis) is 1. The Morgan fingerprint density at radius 1 is 1.52 bits per heavy atom. The van der Waals surface area contributed by atoms with Crippen molar-refractivity contribution >= 4 is 38.6 Å². The van der Waals surface area contributed by atoms with E-state index in [9.17, 15) is 18.0 Å². The number of ether oxygens (including phenoxy) is 1. The van der Waals surface area contributed by atoms with Crippen molar-refractivity contribution in [2.45, 2.75) is 10.4 Å². The molecule has 0 aliphatic carbocycles. The van der Waals surface area contributed by atoms with Gasteiger partial charge in [-0.2, -0.15) is 0 Å². The number of amides is 3. The maximum Gasteiger partial charge on any atom is 0.406 e. The van der Waals surface area contributed by atoms with Crippen LogP contribution in [0.1, 0.15) is 0 Å². The SMILES string of the molecule is CNC(=O)OCC1CNC(=O)N1c1nnc(S(=O)(=O)N(C)C)s1. The zero-order valence-electron chi connectivity index (χ0n) is 12.6. The van der Waals surface area contributed by atoms with Gasteiger partial charge < -0.3 is 15.4 Å². The number of sulfonamides is 1. The number of nitrogens with zero attached hydrogens (tertiary/aromatic N) is 4. The largest absolute Gasteiger partial charge is 0.447 e. The van der Waals surface area contributed by atoms with Gasteiger partial charge in [-0.05, 0) is 0 Å². The first-order valence-electron chi connectivity index (χ1n) is 6.45. The normalized spacial score (nSPS) is 18.2. The van der Waals surface area contributed by atoms with E-state index in [2.05, 4.69) is 20.8 Å². The first-order valence-corrected chi connectivity index (χ1v) is 8.70. The average Bonchev–Trinajstić information content (AvgIpc) is 3.11. The Morgan fingerprint density at radius 2 is 2.22 bits per heavy atom. The molecule has 1 fully saturated rings. The van der Waals surface area contributed by atoms with Crippen LogP contribution < -0.4 is 15.5 Å². The standard InChI is InChI=1S/C10H16N6O5S2/c1-11-9(18)21-5-6-4-12-7(17)16(6)8-13-14-10(22-8)23(19,20)15(2)3/h6H,4-5H2,1-3H3,(H,11,18)(H,12,17). The first kappa shape index (κ1) is 17.4. The molecule has 1 aromatic rings. The van der Waals surface area contributed by atoms with Gasteiger partial charge in [-0.1, -0.05) is 11.3 Å². The number of urea groups is 1. The molecule has 0 spiro atoms. The van der Waals surface area contributed by atoms with Gasteiger partial charge in [-0.3, -0.25) is 4.90 Å². The third kappa shape index (κ3) is 3.51. The number of nitrogens with one attached hydrogen (secondary N) is 2. The molecule has 1 saturated heterocycles. The molecule has 13 heteroatoms. The van der Waals surface area contributed by atoms with Crippen molar-refractivity contribution in [1.82, 2.24) is 25.1 Å². The Hall–Kier alpha value is -1.99. The molecule has 1 aliphatic heterocycles. The van der Waals surface area contributed by atoms with Crippen molar-refractivity contribution in [3.8, 4) is 0 Å². The molecule has 0 aromatic carbocycles. The third-order valence-electron chi connectivity index (χ3n) is 2.99. The Bertz CT molecular complexity index is 702. The molecular formula is C10H16N6O5S2. The molecule has 11 nitrogen and oxygen atoms in total. The van der Waals surface area contributed by atoms with Crippen LogP contribution in [0, 0.1) is 0 Å². The van der Waals surface area contributed by atoms with E-state index in [0.29, 0.717) is 0 Å². The summed E-state index contributed by atoms with van der Waals surface area (Å²) in [7, 11) is 0.440. The van der Waals surface area contributed by atoms with Gasteiger partial charge in [-0.15, -0.1) is 10.2 Å². The second-order valence-electron chi connectivity index (χ2n) is 4.70. The van der Waals surface area contributed by atoms with Crippen molar-refractivity contribution in [2.75, 3.05) is 39.2 Å². The predicted molar refractivity (Wildman–Crippen MR) is 80.9 cm³/mol. The van der Waals surface area contributed by atoms with E-state index in [1.165, 1.54) is 26.0 Å². The van der Waals surface area contributed by atoms with Gasteiger partial charge in [0.2, 0.25) is 9.47 Å². The van der Waals surface area contributed by atoms with E-state index in [1.54, 1.807) is 0 Å². The molecule has 1 atom stereocenters. The minimum absolute atomic E-state index is 0.0617. The Morgan fingerprint density at radius 3 is 2.83 bits per heavy atom. The molecule has 128 valence electrons. The van der Waals surface area contributed by atoms with Crippen LogP contribution in [0.25, 0.3) is 0 Å². The van der Waals surface area contributed by atoms with Crippen LogP contribution in [0.15, 0.2) is 4.34 Å². The highest BCUT2D eigenvalue weighted by atomic mass is 32.2. The van der Waals surface area contributed by atoms with Crippen molar-refractivity contribution in [3.63, 3.8) is 0 Å². The molecule has 3 amide bonds. The number of carbonyl (C=O) groups is 2. The molecule has 1 unspecified atom stereocenters.